The van der Waals surface area contributed by atoms with Crippen LogP contribution in [0.25, 0.3) is 0 Å². The summed E-state index contributed by atoms with van der Waals surface area (Å²) in [5.74, 6) is -1.02. The summed E-state index contributed by atoms with van der Waals surface area (Å²) in [6.45, 7) is -0.225. The van der Waals surface area contributed by atoms with Gasteiger partial charge in [0.25, 0.3) is 5.91 Å². The number of nitrogens with zero attached hydrogens (tertiary/aromatic N) is 1. The number of amides is 2. The number of nitrogens with one attached hydrogen (secondary N) is 1. The Morgan fingerprint density at radius 2 is 2.00 bits per heavy atom. The molecule has 2 amide bonds. The van der Waals surface area contributed by atoms with Gasteiger partial charge in [0.2, 0.25) is 5.91 Å². The van der Waals surface area contributed by atoms with E-state index in [1.54, 1.807) is 18.2 Å². The van der Waals surface area contributed by atoms with Crippen LogP contribution < -0.4 is 10.1 Å². The van der Waals surface area contributed by atoms with Crippen LogP contribution in [-0.4, -0.2) is 37.4 Å². The lowest BCUT2D eigenvalue weighted by atomic mass is 10.2. The summed E-state index contributed by atoms with van der Waals surface area (Å²) < 4.78 is 18.9. The molecule has 2 rings (SSSR count). The maximum Gasteiger partial charge on any atom is 0.255 e. The summed E-state index contributed by atoms with van der Waals surface area (Å²) in [6, 6.07) is 8.58. The Bertz CT molecular complexity index is 816. The second-order valence-corrected chi connectivity index (χ2v) is 6.47. The Labute approximate surface area is 157 Å². The minimum Gasteiger partial charge on any atom is -0.495 e. The standard InChI is InChI=1S/C17H15BrClFN2O3/c1-22(17(24)12-8-11(20)4-5-13(12)18)9-16(23)21-14-7-10(19)3-6-15(14)25-2/h3-8H,9H2,1-2H3,(H,21,23). The van der Waals surface area contributed by atoms with Crippen LogP contribution in [-0.2, 0) is 4.79 Å². The number of methoxy groups -OCH3 is 1. The van der Waals surface area contributed by atoms with Crippen molar-refractivity contribution in [1.82, 2.24) is 4.90 Å². The van der Waals surface area contributed by atoms with Crippen molar-refractivity contribution in [2.45, 2.75) is 0 Å². The summed E-state index contributed by atoms with van der Waals surface area (Å²) >= 11 is 9.11. The van der Waals surface area contributed by atoms with Gasteiger partial charge in [0, 0.05) is 16.5 Å². The van der Waals surface area contributed by atoms with E-state index in [1.807, 2.05) is 0 Å². The number of benzene rings is 2. The van der Waals surface area contributed by atoms with E-state index in [9.17, 15) is 14.0 Å². The highest BCUT2D eigenvalue weighted by Gasteiger charge is 2.19. The Morgan fingerprint density at radius 3 is 2.68 bits per heavy atom. The Balaban J connectivity index is 2.08. The fourth-order valence-corrected chi connectivity index (χ4v) is 2.71. The molecular weight excluding hydrogens is 415 g/mol. The van der Waals surface area contributed by atoms with Crippen LogP contribution in [0, 0.1) is 5.82 Å². The van der Waals surface area contributed by atoms with Gasteiger partial charge in [-0.15, -0.1) is 0 Å². The van der Waals surface area contributed by atoms with Gasteiger partial charge in [0.15, 0.2) is 0 Å². The van der Waals surface area contributed by atoms with E-state index in [0.29, 0.717) is 20.9 Å². The molecule has 2 aromatic rings. The molecule has 0 unspecified atom stereocenters. The lowest BCUT2D eigenvalue weighted by molar-refractivity contribution is -0.116. The molecule has 0 radical (unpaired) electrons. The third-order valence-corrected chi connectivity index (χ3v) is 4.25. The summed E-state index contributed by atoms with van der Waals surface area (Å²) in [4.78, 5) is 25.8. The quantitative estimate of drug-likeness (QED) is 0.783. The second-order valence-electron chi connectivity index (χ2n) is 5.18. The van der Waals surface area contributed by atoms with Crippen molar-refractivity contribution in [3.8, 4) is 5.75 Å². The van der Waals surface area contributed by atoms with Gasteiger partial charge in [-0.3, -0.25) is 9.59 Å². The van der Waals surface area contributed by atoms with Gasteiger partial charge < -0.3 is 15.0 Å². The Hall–Kier alpha value is -2.12. The number of rotatable bonds is 5. The van der Waals surface area contributed by atoms with Crippen molar-refractivity contribution in [1.29, 1.82) is 0 Å². The molecule has 0 saturated heterocycles. The summed E-state index contributed by atoms with van der Waals surface area (Å²) in [6.07, 6.45) is 0. The highest BCUT2D eigenvalue weighted by Crippen LogP contribution is 2.27. The van der Waals surface area contributed by atoms with Crippen LogP contribution >= 0.6 is 27.5 Å². The fraction of sp³-hybridized carbons (Fsp3) is 0.176. The van der Waals surface area contributed by atoms with E-state index in [2.05, 4.69) is 21.2 Å². The molecule has 0 saturated carbocycles. The van der Waals surface area contributed by atoms with Crippen LogP contribution in [0.15, 0.2) is 40.9 Å². The Kier molecular flexibility index (Phi) is 6.39. The van der Waals surface area contributed by atoms with Crippen LogP contribution in [0.3, 0.4) is 0 Å². The molecule has 25 heavy (non-hydrogen) atoms. The van der Waals surface area contributed by atoms with Gasteiger partial charge in [0.05, 0.1) is 24.9 Å². The molecule has 0 aliphatic rings. The molecule has 8 heteroatoms. The predicted molar refractivity (Wildman–Crippen MR) is 97.7 cm³/mol. The number of halogens is 3. The van der Waals surface area contributed by atoms with E-state index in [-0.39, 0.29) is 12.1 Å². The van der Waals surface area contributed by atoms with E-state index < -0.39 is 17.6 Å². The van der Waals surface area contributed by atoms with E-state index in [1.165, 1.54) is 31.2 Å². The number of carbonyl (C=O) groups excluding carboxylic acids is 2. The maximum absolute atomic E-state index is 13.3. The van der Waals surface area contributed by atoms with Crippen LogP contribution in [0.2, 0.25) is 5.02 Å². The van der Waals surface area contributed by atoms with Crippen molar-refractivity contribution in [2.24, 2.45) is 0 Å². The SMILES string of the molecule is COc1ccc(Cl)cc1NC(=O)CN(C)C(=O)c1cc(F)ccc1Br. The van der Waals surface area contributed by atoms with E-state index in [0.717, 1.165) is 6.07 Å². The molecule has 0 aromatic heterocycles. The molecule has 0 atom stereocenters. The molecule has 0 bridgehead atoms. The number of hydrogen-bond donors (Lipinski definition) is 1. The van der Waals surface area contributed by atoms with Gasteiger partial charge in [0.1, 0.15) is 11.6 Å². The Morgan fingerprint density at radius 1 is 1.28 bits per heavy atom. The zero-order valence-corrected chi connectivity index (χ0v) is 15.8. The molecule has 5 nitrogen and oxygen atoms in total. The van der Waals surface area contributed by atoms with Gasteiger partial charge in [-0.1, -0.05) is 11.6 Å². The highest BCUT2D eigenvalue weighted by atomic mass is 79.9. The van der Waals surface area contributed by atoms with Crippen molar-refractivity contribution < 1.29 is 18.7 Å². The normalized spacial score (nSPS) is 10.3. The zero-order valence-electron chi connectivity index (χ0n) is 13.5. The average molecular weight is 430 g/mol. The minimum absolute atomic E-state index is 0.135. The number of anilines is 1. The number of likely N-dealkylation sites (N-methyl/N-ethyl adjacent to an activating group) is 1. The number of ether oxygens (including phenoxy) is 1. The van der Waals surface area contributed by atoms with Crippen LogP contribution in [0.5, 0.6) is 5.75 Å². The minimum atomic E-state index is -0.534. The molecule has 0 fully saturated rings. The summed E-state index contributed by atoms with van der Waals surface area (Å²) in [5.41, 5.74) is 0.531. The highest BCUT2D eigenvalue weighted by molar-refractivity contribution is 9.10. The number of carbonyl (C=O) groups is 2. The molecule has 0 spiro atoms. The molecule has 0 aliphatic carbocycles. The third-order valence-electron chi connectivity index (χ3n) is 3.32. The fourth-order valence-electron chi connectivity index (χ4n) is 2.12. The van der Waals surface area contributed by atoms with Crippen molar-refractivity contribution >= 4 is 45.0 Å². The molecule has 0 heterocycles. The van der Waals surface area contributed by atoms with Crippen LogP contribution in [0.4, 0.5) is 10.1 Å². The molecule has 0 aliphatic heterocycles. The summed E-state index contributed by atoms with van der Waals surface area (Å²) in [5, 5.41) is 3.07. The summed E-state index contributed by atoms with van der Waals surface area (Å²) in [7, 11) is 2.92. The van der Waals surface area contributed by atoms with Crippen molar-refractivity contribution in [2.75, 3.05) is 26.0 Å². The molecule has 1 N–H and O–H groups in total. The molecule has 2 aromatic carbocycles. The largest absolute Gasteiger partial charge is 0.495 e. The van der Waals surface area contributed by atoms with Crippen LogP contribution in [0.1, 0.15) is 10.4 Å². The zero-order chi connectivity index (χ0) is 18.6. The lowest BCUT2D eigenvalue weighted by Gasteiger charge is -2.18. The first kappa shape index (κ1) is 19.2. The van der Waals surface area contributed by atoms with Gasteiger partial charge >= 0.3 is 0 Å². The maximum atomic E-state index is 13.3. The van der Waals surface area contributed by atoms with Gasteiger partial charge in [-0.25, -0.2) is 4.39 Å². The molecule has 132 valence electrons. The predicted octanol–water partition coefficient (Wildman–Crippen LogP) is 3.96. The first-order chi connectivity index (χ1) is 11.8. The first-order valence-electron chi connectivity index (χ1n) is 7.15. The van der Waals surface area contributed by atoms with Gasteiger partial charge in [-0.2, -0.15) is 0 Å². The second kappa shape index (κ2) is 8.31. The average Bonchev–Trinajstić information content (AvgIpc) is 2.56. The smallest absolute Gasteiger partial charge is 0.255 e. The molecular formula is C17H15BrClFN2O3. The van der Waals surface area contributed by atoms with Crippen molar-refractivity contribution in [3.63, 3.8) is 0 Å². The first-order valence-corrected chi connectivity index (χ1v) is 8.33. The van der Waals surface area contributed by atoms with Gasteiger partial charge in [-0.05, 0) is 52.3 Å². The van der Waals surface area contributed by atoms with Crippen molar-refractivity contribution in [3.05, 3.63) is 57.3 Å². The lowest BCUT2D eigenvalue weighted by Crippen LogP contribution is -2.35. The van der Waals surface area contributed by atoms with E-state index >= 15 is 0 Å². The third kappa shape index (κ3) is 4.93. The monoisotopic (exact) mass is 428 g/mol. The van der Waals surface area contributed by atoms with E-state index in [4.69, 9.17) is 16.3 Å². The topological polar surface area (TPSA) is 58.6 Å². The number of hydrogen-bond acceptors (Lipinski definition) is 3.